The number of carbonyl (C=O) groups excluding carboxylic acids is 1. The maximum absolute atomic E-state index is 13.9. The summed E-state index contributed by atoms with van der Waals surface area (Å²) in [5, 5.41) is 20.4. The van der Waals surface area contributed by atoms with Gasteiger partial charge in [-0.2, -0.15) is 0 Å². The Kier molecular flexibility index (Phi) is 4.17. The van der Waals surface area contributed by atoms with E-state index in [4.69, 9.17) is 0 Å². The number of fused-ring (bicyclic) bond motifs is 3. The van der Waals surface area contributed by atoms with E-state index in [1.54, 1.807) is 0 Å². The van der Waals surface area contributed by atoms with E-state index in [1.807, 2.05) is 13.8 Å². The van der Waals surface area contributed by atoms with Gasteiger partial charge in [-0.25, -0.2) is 0 Å². The van der Waals surface area contributed by atoms with Gasteiger partial charge >= 0.3 is 0 Å². The van der Waals surface area contributed by atoms with Crippen LogP contribution < -0.4 is 0 Å². The highest BCUT2D eigenvalue weighted by molar-refractivity contribution is 5.96. The molecule has 0 bridgehead atoms. The maximum Gasteiger partial charge on any atom is 0.144 e. The lowest BCUT2D eigenvalue weighted by Gasteiger charge is -2.75. The van der Waals surface area contributed by atoms with Crippen molar-refractivity contribution in [3.05, 3.63) is 11.1 Å². The third kappa shape index (κ3) is 2.35. The number of carbonyl (C=O) groups is 1. The van der Waals surface area contributed by atoms with Gasteiger partial charge in [0.05, 0.1) is 17.1 Å². The molecule has 0 radical (unpaired) electrons. The molecular weight excluding hydrogens is 360 g/mol. The van der Waals surface area contributed by atoms with Crippen molar-refractivity contribution in [2.75, 3.05) is 0 Å². The zero-order chi connectivity index (χ0) is 21.0. The smallest absolute Gasteiger partial charge is 0.144 e. The van der Waals surface area contributed by atoms with Crippen LogP contribution in [0.1, 0.15) is 92.4 Å². The number of aliphatic hydroxyl groups excluding tert-OH is 1. The Morgan fingerprint density at radius 1 is 1.10 bits per heavy atom. The minimum atomic E-state index is -0.601. The molecule has 3 heteroatoms. The van der Waals surface area contributed by atoms with Gasteiger partial charge in [0, 0.05) is 11.8 Å². The van der Waals surface area contributed by atoms with Crippen LogP contribution in [0.4, 0.5) is 0 Å². The molecule has 0 saturated heterocycles. The second-order valence-electron chi connectivity index (χ2n) is 12.5. The summed E-state index contributed by atoms with van der Waals surface area (Å²) in [7, 11) is 0. The van der Waals surface area contributed by atoms with Gasteiger partial charge in [-0.1, -0.05) is 31.9 Å². The van der Waals surface area contributed by atoms with Gasteiger partial charge in [0.25, 0.3) is 0 Å². The van der Waals surface area contributed by atoms with E-state index in [1.165, 1.54) is 24.0 Å². The van der Waals surface area contributed by atoms with Crippen molar-refractivity contribution in [3.8, 4) is 0 Å². The fraction of sp³-hybridized carbons (Fsp3) is 0.885. The van der Waals surface area contributed by atoms with Crippen molar-refractivity contribution in [1.82, 2.24) is 0 Å². The minimum absolute atomic E-state index is 0.0352. The van der Waals surface area contributed by atoms with Crippen molar-refractivity contribution in [1.29, 1.82) is 0 Å². The number of hydrogen-bond donors (Lipinski definition) is 2. The van der Waals surface area contributed by atoms with E-state index in [0.29, 0.717) is 29.5 Å². The first-order chi connectivity index (χ1) is 13.4. The molecule has 2 N–H and O–H groups in total. The summed E-state index contributed by atoms with van der Waals surface area (Å²) < 4.78 is 0. The number of ketones is 1. The lowest BCUT2D eigenvalue weighted by Crippen LogP contribution is -2.73. The molecule has 4 saturated carbocycles. The van der Waals surface area contributed by atoms with Gasteiger partial charge in [0.1, 0.15) is 5.78 Å². The average molecular weight is 401 g/mol. The predicted molar refractivity (Wildman–Crippen MR) is 114 cm³/mol. The molecule has 0 aromatic carbocycles. The average Bonchev–Trinajstić information content (AvgIpc) is 2.92. The van der Waals surface area contributed by atoms with Crippen LogP contribution in [0.5, 0.6) is 0 Å². The summed E-state index contributed by atoms with van der Waals surface area (Å²) in [6.45, 7) is 10.9. The summed E-state index contributed by atoms with van der Waals surface area (Å²) in [5.74, 6) is 2.91. The Morgan fingerprint density at radius 2 is 1.83 bits per heavy atom. The van der Waals surface area contributed by atoms with Crippen molar-refractivity contribution in [3.63, 3.8) is 0 Å². The highest BCUT2D eigenvalue weighted by atomic mass is 16.3. The van der Waals surface area contributed by atoms with Gasteiger partial charge in [0.2, 0.25) is 0 Å². The van der Waals surface area contributed by atoms with Crippen molar-refractivity contribution in [2.45, 2.75) is 104 Å². The van der Waals surface area contributed by atoms with Gasteiger partial charge in [-0.15, -0.1) is 0 Å². The second kappa shape index (κ2) is 5.97. The van der Waals surface area contributed by atoms with Gasteiger partial charge < -0.3 is 10.2 Å². The summed E-state index contributed by atoms with van der Waals surface area (Å²) in [6.07, 6.45) is 8.73. The minimum Gasteiger partial charge on any atom is -0.393 e. The monoisotopic (exact) mass is 400 g/mol. The molecule has 3 nitrogen and oxygen atoms in total. The van der Waals surface area contributed by atoms with E-state index in [2.05, 4.69) is 20.8 Å². The molecule has 4 fully saturated rings. The predicted octanol–water partition coefficient (Wildman–Crippen LogP) is 5.05. The molecule has 8 atom stereocenters. The van der Waals surface area contributed by atoms with E-state index in [9.17, 15) is 15.0 Å². The van der Waals surface area contributed by atoms with E-state index in [-0.39, 0.29) is 22.3 Å². The van der Waals surface area contributed by atoms with Crippen LogP contribution in [-0.4, -0.2) is 27.7 Å². The van der Waals surface area contributed by atoms with E-state index in [0.717, 1.165) is 44.9 Å². The highest BCUT2D eigenvalue weighted by Crippen LogP contribution is 2.83. The molecule has 1 spiro atoms. The zero-order valence-corrected chi connectivity index (χ0v) is 19.1. The maximum atomic E-state index is 13.9. The van der Waals surface area contributed by atoms with Gasteiger partial charge in [-0.05, 0) is 94.3 Å². The number of aliphatic hydroxyl groups is 2. The lowest BCUT2D eigenvalue weighted by molar-refractivity contribution is -0.184. The molecule has 5 rings (SSSR count). The third-order valence-corrected chi connectivity index (χ3v) is 10.6. The van der Waals surface area contributed by atoms with Crippen molar-refractivity contribution < 1.29 is 15.0 Å². The first kappa shape index (κ1) is 20.2. The molecule has 0 aromatic heterocycles. The Labute approximate surface area is 176 Å². The molecule has 0 aliphatic heterocycles. The zero-order valence-electron chi connectivity index (χ0n) is 19.1. The summed E-state index contributed by atoms with van der Waals surface area (Å²) in [6, 6.07) is 0. The fourth-order valence-electron chi connectivity index (χ4n) is 9.27. The number of Topliss-reactive ketones (excluding diaryl/α,β-unsaturated/α-hetero) is 1. The number of hydrogen-bond acceptors (Lipinski definition) is 3. The van der Waals surface area contributed by atoms with Crippen molar-refractivity contribution >= 4 is 5.78 Å². The van der Waals surface area contributed by atoms with E-state index >= 15 is 0 Å². The normalized spacial score (nSPS) is 49.4. The molecule has 162 valence electrons. The quantitative estimate of drug-likeness (QED) is 0.650. The molecule has 2 unspecified atom stereocenters. The number of rotatable bonds is 4. The van der Waals surface area contributed by atoms with Crippen LogP contribution in [-0.2, 0) is 4.79 Å². The topological polar surface area (TPSA) is 57.5 Å². The lowest BCUT2D eigenvalue weighted by atomic mass is 9.26. The Hall–Kier alpha value is -0.670. The van der Waals surface area contributed by atoms with Crippen LogP contribution >= 0.6 is 0 Å². The largest absolute Gasteiger partial charge is 0.393 e. The summed E-state index contributed by atoms with van der Waals surface area (Å²) >= 11 is 0. The Bertz CT molecular complexity index is 775. The van der Waals surface area contributed by atoms with Gasteiger partial charge in [-0.3, -0.25) is 4.79 Å². The fourth-order valence-corrected chi connectivity index (χ4v) is 9.27. The van der Waals surface area contributed by atoms with Crippen LogP contribution in [0.3, 0.4) is 0 Å². The third-order valence-electron chi connectivity index (χ3n) is 10.6. The first-order valence-corrected chi connectivity index (χ1v) is 12.1. The molecule has 5 aliphatic carbocycles. The molecule has 5 aliphatic rings. The SMILES string of the molecule is C[C@H](CCC(C)(C)O)[C@H]1CC[C@H]2C3CC4=C5C[C@@H](O)CC[C@]5(C)[C@]43C(=O)CC12C. The summed E-state index contributed by atoms with van der Waals surface area (Å²) in [4.78, 5) is 13.9. The number of allylic oxidation sites excluding steroid dienone is 1. The van der Waals surface area contributed by atoms with Crippen LogP contribution in [0, 0.1) is 39.9 Å². The molecule has 0 heterocycles. The first-order valence-electron chi connectivity index (χ1n) is 12.1. The Morgan fingerprint density at radius 3 is 2.52 bits per heavy atom. The van der Waals surface area contributed by atoms with Crippen LogP contribution in [0.25, 0.3) is 0 Å². The van der Waals surface area contributed by atoms with Crippen molar-refractivity contribution in [2.24, 2.45) is 39.9 Å². The molecule has 0 aromatic rings. The second-order valence-corrected chi connectivity index (χ2v) is 12.5. The Balaban J connectivity index is 1.42. The van der Waals surface area contributed by atoms with Crippen LogP contribution in [0.15, 0.2) is 11.1 Å². The molecule has 29 heavy (non-hydrogen) atoms. The van der Waals surface area contributed by atoms with Crippen LogP contribution in [0.2, 0.25) is 0 Å². The highest BCUT2D eigenvalue weighted by Gasteiger charge is 2.79. The molecular formula is C26H40O3. The molecule has 0 amide bonds. The van der Waals surface area contributed by atoms with E-state index < -0.39 is 5.60 Å². The standard InChI is InChI=1S/C26H40O3/c1-15(8-10-23(2,3)29)17-6-7-18-20-13-21-19-12-16(27)9-11-25(19,5)26(20,21)22(28)14-24(17,18)4/h15-18,20,27,29H,6-14H2,1-5H3/t15-,16+,17-,18+,20?,24?,25+,26+/m1/s1. The summed E-state index contributed by atoms with van der Waals surface area (Å²) in [5.41, 5.74) is 2.32. The van der Waals surface area contributed by atoms with Gasteiger partial charge in [0.15, 0.2) is 0 Å².